The number of benzene rings is 2. The predicted molar refractivity (Wildman–Crippen MR) is 123 cm³/mol. The first-order valence-electron chi connectivity index (χ1n) is 10.2. The third kappa shape index (κ3) is 6.53. The molecule has 0 atom stereocenters. The van der Waals surface area contributed by atoms with Crippen LogP contribution in [0.4, 0.5) is 5.69 Å². The Morgan fingerprint density at radius 2 is 1.80 bits per heavy atom. The van der Waals surface area contributed by atoms with Gasteiger partial charge in [-0.1, -0.05) is 35.9 Å². The maximum Gasteiger partial charge on any atom is 0.269 e. The van der Waals surface area contributed by atoms with Gasteiger partial charge in [0.25, 0.3) is 5.69 Å². The average Bonchev–Trinajstić information content (AvgIpc) is 2.73. The molecule has 2 aromatic rings. The highest BCUT2D eigenvalue weighted by atomic mass is 35.5. The van der Waals surface area contributed by atoms with Crippen molar-refractivity contribution in [2.45, 2.75) is 50.5 Å². The molecule has 0 aromatic heterocycles. The van der Waals surface area contributed by atoms with Crippen LogP contribution in [-0.2, 0) is 0 Å². The first kappa shape index (κ1) is 24.3. The molecule has 0 amide bonds. The normalized spacial score (nSPS) is 18.6. The number of carbonyl (C=O) groups excluding carboxylic acids is 1. The summed E-state index contributed by atoms with van der Waals surface area (Å²) >= 11 is 5.96. The van der Waals surface area contributed by atoms with E-state index in [9.17, 15) is 14.9 Å². The van der Waals surface area contributed by atoms with Crippen molar-refractivity contribution in [2.75, 3.05) is 13.6 Å². The third-order valence-electron chi connectivity index (χ3n) is 5.96. The second-order valence-electron chi connectivity index (χ2n) is 7.87. The summed E-state index contributed by atoms with van der Waals surface area (Å²) in [5.74, 6) is 0.618. The largest absolute Gasteiger partial charge is 0.303 e. The van der Waals surface area contributed by atoms with E-state index in [1.807, 2.05) is 24.3 Å². The Kier molecular flexibility index (Phi) is 9.28. The summed E-state index contributed by atoms with van der Waals surface area (Å²) in [6, 6.07) is 14.7. The van der Waals surface area contributed by atoms with Crippen LogP contribution in [0.3, 0.4) is 0 Å². The summed E-state index contributed by atoms with van der Waals surface area (Å²) in [7, 11) is 2.14. The molecule has 162 valence electrons. The molecule has 1 fully saturated rings. The van der Waals surface area contributed by atoms with Crippen molar-refractivity contribution in [2.24, 2.45) is 0 Å². The zero-order valence-corrected chi connectivity index (χ0v) is 18.7. The lowest BCUT2D eigenvalue weighted by atomic mass is 9.81. The minimum absolute atomic E-state index is 0. The molecule has 0 bridgehead atoms. The van der Waals surface area contributed by atoms with Gasteiger partial charge in [-0.2, -0.15) is 0 Å². The average molecular weight is 451 g/mol. The Morgan fingerprint density at radius 1 is 1.13 bits per heavy atom. The maximum atomic E-state index is 12.3. The predicted octanol–water partition coefficient (Wildman–Crippen LogP) is 6.29. The zero-order valence-electron chi connectivity index (χ0n) is 17.1. The second kappa shape index (κ2) is 11.4. The lowest BCUT2D eigenvalue weighted by Crippen LogP contribution is -2.35. The number of nitrogens with zero attached hydrogens (tertiary/aromatic N) is 2. The van der Waals surface area contributed by atoms with Gasteiger partial charge in [0.1, 0.15) is 0 Å². The number of rotatable bonds is 8. The molecule has 0 N–H and O–H groups in total. The number of Topliss-reactive ketones (excluding diaryl/α,β-unsaturated/α-hetero) is 1. The molecule has 1 saturated carbocycles. The highest BCUT2D eigenvalue weighted by Gasteiger charge is 2.25. The Labute approximate surface area is 189 Å². The van der Waals surface area contributed by atoms with Crippen LogP contribution in [0.15, 0.2) is 48.5 Å². The molecule has 3 rings (SSSR count). The quantitative estimate of drug-likeness (QED) is 0.269. The van der Waals surface area contributed by atoms with Gasteiger partial charge in [0, 0.05) is 35.2 Å². The number of nitro groups is 1. The van der Waals surface area contributed by atoms with Gasteiger partial charge in [0.15, 0.2) is 5.78 Å². The first-order valence-corrected chi connectivity index (χ1v) is 10.5. The van der Waals surface area contributed by atoms with Crippen molar-refractivity contribution < 1.29 is 9.72 Å². The molecule has 2 aromatic carbocycles. The van der Waals surface area contributed by atoms with E-state index in [1.165, 1.54) is 5.56 Å². The molecule has 0 saturated heterocycles. The fraction of sp³-hybridized carbons (Fsp3) is 0.435. The number of ketones is 1. The summed E-state index contributed by atoms with van der Waals surface area (Å²) in [5.41, 5.74) is 2.03. The van der Waals surface area contributed by atoms with Gasteiger partial charge in [-0.25, -0.2) is 0 Å². The Hall–Kier alpha value is -1.95. The maximum absolute atomic E-state index is 12.3. The molecule has 0 unspecified atom stereocenters. The minimum Gasteiger partial charge on any atom is -0.303 e. The fourth-order valence-electron chi connectivity index (χ4n) is 4.20. The minimum atomic E-state index is -0.354. The third-order valence-corrected chi connectivity index (χ3v) is 6.19. The monoisotopic (exact) mass is 450 g/mol. The van der Waals surface area contributed by atoms with Crippen molar-refractivity contribution in [3.63, 3.8) is 0 Å². The van der Waals surface area contributed by atoms with E-state index >= 15 is 0 Å². The van der Waals surface area contributed by atoms with E-state index in [0.29, 0.717) is 29.0 Å². The molecular formula is C23H28Cl2N2O3. The number of hydrogen-bond donors (Lipinski definition) is 0. The number of halogens is 2. The van der Waals surface area contributed by atoms with Crippen LogP contribution in [-0.4, -0.2) is 35.2 Å². The Bertz CT molecular complexity index is 850. The molecule has 0 heterocycles. The van der Waals surface area contributed by atoms with Gasteiger partial charge >= 0.3 is 0 Å². The van der Waals surface area contributed by atoms with E-state index < -0.39 is 0 Å². The van der Waals surface area contributed by atoms with Crippen LogP contribution >= 0.6 is 24.0 Å². The van der Waals surface area contributed by atoms with Gasteiger partial charge in [-0.3, -0.25) is 14.9 Å². The standard InChI is InChI=1S/C23H27ClN2O3.ClH/c1-25(15-3-6-23(27)19-4-2-5-20(24)16-19)21-11-7-17(8-12-21)18-9-13-22(14-10-18)26(28)29;/h2,4-5,9-10,13-14,16-17,21H,3,6-8,11-12,15H2,1H3;1H. The van der Waals surface area contributed by atoms with Gasteiger partial charge in [0.05, 0.1) is 4.92 Å². The number of non-ortho nitro benzene ring substituents is 1. The lowest BCUT2D eigenvalue weighted by molar-refractivity contribution is -0.384. The molecule has 0 radical (unpaired) electrons. The summed E-state index contributed by atoms with van der Waals surface area (Å²) in [5, 5.41) is 11.4. The highest BCUT2D eigenvalue weighted by Crippen LogP contribution is 2.35. The molecule has 0 spiro atoms. The smallest absolute Gasteiger partial charge is 0.269 e. The second-order valence-corrected chi connectivity index (χ2v) is 8.31. The van der Waals surface area contributed by atoms with Gasteiger partial charge in [-0.05, 0) is 69.3 Å². The Morgan fingerprint density at radius 3 is 2.40 bits per heavy atom. The van der Waals surface area contributed by atoms with Crippen LogP contribution in [0, 0.1) is 10.1 Å². The van der Waals surface area contributed by atoms with Crippen molar-refractivity contribution in [1.82, 2.24) is 4.90 Å². The number of carbonyl (C=O) groups is 1. The van der Waals surface area contributed by atoms with E-state index in [-0.39, 0.29) is 28.8 Å². The topological polar surface area (TPSA) is 63.5 Å². The van der Waals surface area contributed by atoms with Crippen molar-refractivity contribution in [3.8, 4) is 0 Å². The van der Waals surface area contributed by atoms with Gasteiger partial charge < -0.3 is 4.90 Å². The molecule has 0 aliphatic heterocycles. The summed E-state index contributed by atoms with van der Waals surface area (Å²) < 4.78 is 0. The summed E-state index contributed by atoms with van der Waals surface area (Å²) in [6.07, 6.45) is 5.77. The molecule has 30 heavy (non-hydrogen) atoms. The number of nitro benzene ring substituents is 1. The Balaban J connectivity index is 0.00000320. The van der Waals surface area contributed by atoms with Crippen LogP contribution in [0.5, 0.6) is 0 Å². The summed E-state index contributed by atoms with van der Waals surface area (Å²) in [6.45, 7) is 0.902. The highest BCUT2D eigenvalue weighted by molar-refractivity contribution is 6.31. The van der Waals surface area contributed by atoms with Crippen LogP contribution in [0.2, 0.25) is 5.02 Å². The van der Waals surface area contributed by atoms with Crippen molar-refractivity contribution >= 4 is 35.5 Å². The summed E-state index contributed by atoms with van der Waals surface area (Å²) in [4.78, 5) is 25.1. The van der Waals surface area contributed by atoms with E-state index in [0.717, 1.165) is 38.6 Å². The van der Waals surface area contributed by atoms with Crippen LogP contribution in [0.1, 0.15) is 60.4 Å². The van der Waals surface area contributed by atoms with E-state index in [2.05, 4.69) is 11.9 Å². The molecule has 1 aliphatic rings. The van der Waals surface area contributed by atoms with Gasteiger partial charge in [-0.15, -0.1) is 12.4 Å². The fourth-order valence-corrected chi connectivity index (χ4v) is 4.39. The van der Waals surface area contributed by atoms with E-state index in [4.69, 9.17) is 11.6 Å². The van der Waals surface area contributed by atoms with Crippen molar-refractivity contribution in [3.05, 3.63) is 74.8 Å². The molecule has 5 nitrogen and oxygen atoms in total. The van der Waals surface area contributed by atoms with E-state index in [1.54, 1.807) is 24.3 Å². The molecular weight excluding hydrogens is 423 g/mol. The van der Waals surface area contributed by atoms with Gasteiger partial charge in [0.2, 0.25) is 0 Å². The zero-order chi connectivity index (χ0) is 20.8. The number of hydrogen-bond acceptors (Lipinski definition) is 4. The molecule has 7 heteroatoms. The van der Waals surface area contributed by atoms with Crippen LogP contribution in [0.25, 0.3) is 0 Å². The first-order chi connectivity index (χ1) is 13.9. The van der Waals surface area contributed by atoms with Crippen molar-refractivity contribution in [1.29, 1.82) is 0 Å². The van der Waals surface area contributed by atoms with Crippen LogP contribution < -0.4 is 0 Å². The lowest BCUT2D eigenvalue weighted by Gasteiger charge is -2.35. The SMILES string of the molecule is CN(CCCC(=O)c1cccc(Cl)c1)C1CCC(c2ccc([N+](=O)[O-])cc2)CC1.Cl. The molecule has 1 aliphatic carbocycles.